The van der Waals surface area contributed by atoms with Crippen molar-refractivity contribution >= 4 is 0 Å². The fourth-order valence-corrected chi connectivity index (χ4v) is 3.33. The van der Waals surface area contributed by atoms with Crippen molar-refractivity contribution in [1.82, 2.24) is 9.88 Å². The summed E-state index contributed by atoms with van der Waals surface area (Å²) in [5.74, 6) is 0. The van der Waals surface area contributed by atoms with Crippen LogP contribution < -0.4 is 0 Å². The van der Waals surface area contributed by atoms with E-state index in [4.69, 9.17) is 9.47 Å². The molecule has 3 heterocycles. The molecule has 1 spiro atoms. The van der Waals surface area contributed by atoms with Crippen LogP contribution in [0.25, 0.3) is 0 Å². The van der Waals surface area contributed by atoms with Crippen LogP contribution in [0.1, 0.15) is 31.9 Å². The maximum Gasteiger partial charge on any atom is 0.0836 e. The molecule has 0 N–H and O–H groups in total. The average Bonchev–Trinajstić information content (AvgIpc) is 2.86. The Hall–Kier alpha value is -0.970. The minimum atomic E-state index is 0.0838. The molecule has 0 radical (unpaired) electrons. The highest BCUT2D eigenvalue weighted by molar-refractivity contribution is 5.04. The zero-order valence-corrected chi connectivity index (χ0v) is 12.3. The number of hydrogen-bond donors (Lipinski definition) is 0. The van der Waals surface area contributed by atoms with Crippen LogP contribution in [-0.2, 0) is 16.0 Å². The summed E-state index contributed by atoms with van der Waals surface area (Å²) < 4.78 is 11.8. The predicted molar refractivity (Wildman–Crippen MR) is 77.5 cm³/mol. The molecule has 3 rings (SSSR count). The first-order valence-corrected chi connectivity index (χ1v) is 7.67. The molecule has 0 saturated carbocycles. The van der Waals surface area contributed by atoms with E-state index in [1.54, 1.807) is 0 Å². The smallest absolute Gasteiger partial charge is 0.0836 e. The van der Waals surface area contributed by atoms with Crippen molar-refractivity contribution < 1.29 is 9.47 Å². The van der Waals surface area contributed by atoms with Crippen LogP contribution in [0.3, 0.4) is 0 Å². The molecule has 2 aliphatic rings. The second-order valence-corrected chi connectivity index (χ2v) is 5.87. The molecule has 4 nitrogen and oxygen atoms in total. The Balaban J connectivity index is 1.50. The number of piperidine rings is 1. The number of nitrogens with zero attached hydrogens (tertiary/aromatic N) is 2. The Kier molecular flexibility index (Phi) is 4.34. The van der Waals surface area contributed by atoms with E-state index in [1.165, 1.54) is 0 Å². The Bertz CT molecular complexity index is 416. The Labute approximate surface area is 121 Å². The van der Waals surface area contributed by atoms with Gasteiger partial charge in [-0.15, -0.1) is 0 Å². The topological polar surface area (TPSA) is 34.6 Å². The van der Waals surface area contributed by atoms with Gasteiger partial charge in [0, 0.05) is 38.9 Å². The Morgan fingerprint density at radius 3 is 2.95 bits per heavy atom. The number of ether oxygens (including phenoxy) is 2. The van der Waals surface area contributed by atoms with E-state index in [1.807, 2.05) is 12.3 Å². The van der Waals surface area contributed by atoms with Crippen LogP contribution >= 0.6 is 0 Å². The molecule has 20 heavy (non-hydrogen) atoms. The van der Waals surface area contributed by atoms with Crippen LogP contribution in [0, 0.1) is 0 Å². The van der Waals surface area contributed by atoms with Gasteiger partial charge in [0.05, 0.1) is 24.0 Å². The molecule has 110 valence electrons. The molecule has 4 heteroatoms. The van der Waals surface area contributed by atoms with Crippen molar-refractivity contribution in [3.63, 3.8) is 0 Å². The quantitative estimate of drug-likeness (QED) is 0.845. The molecule has 1 aromatic rings. The molecule has 0 amide bonds. The summed E-state index contributed by atoms with van der Waals surface area (Å²) in [6.45, 7) is 6.75. The molecule has 1 aromatic heterocycles. The molecular weight excluding hydrogens is 252 g/mol. The predicted octanol–water partition coefficient (Wildman–Crippen LogP) is 2.24. The van der Waals surface area contributed by atoms with Crippen molar-refractivity contribution in [3.05, 3.63) is 30.1 Å². The lowest BCUT2D eigenvalue weighted by atomic mass is 9.88. The van der Waals surface area contributed by atoms with Gasteiger partial charge in [-0.25, -0.2) is 0 Å². The molecule has 2 saturated heterocycles. The fraction of sp³-hybridized carbons (Fsp3) is 0.688. The zero-order chi connectivity index (χ0) is 13.8. The van der Waals surface area contributed by atoms with Crippen molar-refractivity contribution in [2.45, 2.75) is 44.4 Å². The van der Waals surface area contributed by atoms with Crippen LogP contribution in [-0.4, -0.2) is 47.9 Å². The lowest BCUT2D eigenvalue weighted by Gasteiger charge is -2.38. The second-order valence-electron chi connectivity index (χ2n) is 5.87. The van der Waals surface area contributed by atoms with Gasteiger partial charge in [0.2, 0.25) is 0 Å². The molecule has 2 fully saturated rings. The highest BCUT2D eigenvalue weighted by Gasteiger charge is 2.42. The molecule has 0 bridgehead atoms. The molecule has 0 aliphatic carbocycles. The van der Waals surface area contributed by atoms with Gasteiger partial charge < -0.3 is 9.47 Å². The van der Waals surface area contributed by atoms with E-state index in [0.29, 0.717) is 6.10 Å². The van der Waals surface area contributed by atoms with E-state index in [2.05, 4.69) is 28.9 Å². The van der Waals surface area contributed by atoms with Gasteiger partial charge in [0.15, 0.2) is 0 Å². The van der Waals surface area contributed by atoms with Crippen LogP contribution in [0.2, 0.25) is 0 Å². The summed E-state index contributed by atoms with van der Waals surface area (Å²) in [7, 11) is 0. The molecular formula is C16H24N2O2. The van der Waals surface area contributed by atoms with Crippen molar-refractivity contribution in [1.29, 1.82) is 0 Å². The Morgan fingerprint density at radius 1 is 1.40 bits per heavy atom. The highest BCUT2D eigenvalue weighted by Crippen LogP contribution is 2.37. The van der Waals surface area contributed by atoms with E-state index in [9.17, 15) is 0 Å². The van der Waals surface area contributed by atoms with Crippen molar-refractivity contribution in [3.8, 4) is 0 Å². The van der Waals surface area contributed by atoms with E-state index >= 15 is 0 Å². The highest BCUT2D eigenvalue weighted by atomic mass is 16.6. The number of pyridine rings is 1. The molecule has 2 aliphatic heterocycles. The molecule has 0 unspecified atom stereocenters. The molecule has 0 aromatic carbocycles. The largest absolute Gasteiger partial charge is 0.376 e. The van der Waals surface area contributed by atoms with Gasteiger partial charge in [-0.3, -0.25) is 9.88 Å². The van der Waals surface area contributed by atoms with Gasteiger partial charge in [0.1, 0.15) is 0 Å². The third-order valence-corrected chi connectivity index (χ3v) is 4.46. The Morgan fingerprint density at radius 2 is 2.25 bits per heavy atom. The maximum atomic E-state index is 6.08. The lowest BCUT2D eigenvalue weighted by molar-refractivity contribution is -0.0466. The summed E-state index contributed by atoms with van der Waals surface area (Å²) in [5, 5.41) is 0. The van der Waals surface area contributed by atoms with E-state index in [0.717, 1.165) is 57.8 Å². The lowest BCUT2D eigenvalue weighted by Crippen LogP contribution is -2.44. The number of likely N-dealkylation sites (tertiary alicyclic amines) is 1. The number of hydrogen-bond acceptors (Lipinski definition) is 4. The third kappa shape index (κ3) is 3.19. The SMILES string of the molecule is CCO[C@H]1COC2(CCN(Cc3ccccn3)CC2)C1. The summed E-state index contributed by atoms with van der Waals surface area (Å²) in [6, 6.07) is 6.12. The van der Waals surface area contributed by atoms with E-state index < -0.39 is 0 Å². The van der Waals surface area contributed by atoms with E-state index in [-0.39, 0.29) is 5.60 Å². The van der Waals surface area contributed by atoms with Crippen LogP contribution in [0.4, 0.5) is 0 Å². The summed E-state index contributed by atoms with van der Waals surface area (Å²) in [4.78, 5) is 6.88. The normalized spacial score (nSPS) is 26.1. The average molecular weight is 276 g/mol. The monoisotopic (exact) mass is 276 g/mol. The van der Waals surface area contributed by atoms with Gasteiger partial charge in [0.25, 0.3) is 0 Å². The van der Waals surface area contributed by atoms with Crippen LogP contribution in [0.5, 0.6) is 0 Å². The third-order valence-electron chi connectivity index (χ3n) is 4.46. The van der Waals surface area contributed by atoms with Crippen molar-refractivity contribution in [2.24, 2.45) is 0 Å². The van der Waals surface area contributed by atoms with Gasteiger partial charge in [-0.1, -0.05) is 6.07 Å². The fourth-order valence-electron chi connectivity index (χ4n) is 3.33. The maximum absolute atomic E-state index is 6.08. The van der Waals surface area contributed by atoms with Crippen molar-refractivity contribution in [2.75, 3.05) is 26.3 Å². The minimum Gasteiger partial charge on any atom is -0.376 e. The van der Waals surface area contributed by atoms with Gasteiger partial charge in [-0.2, -0.15) is 0 Å². The van der Waals surface area contributed by atoms with Crippen LogP contribution in [0.15, 0.2) is 24.4 Å². The first-order valence-electron chi connectivity index (χ1n) is 7.67. The standard InChI is InChI=1S/C16H24N2O2/c1-2-19-15-11-16(20-13-15)6-9-18(10-7-16)12-14-5-3-4-8-17-14/h3-5,8,15H,2,6-7,9-13H2,1H3/t15-/m1/s1. The number of aromatic nitrogens is 1. The summed E-state index contributed by atoms with van der Waals surface area (Å²) in [6.07, 6.45) is 5.47. The minimum absolute atomic E-state index is 0.0838. The van der Waals surface area contributed by atoms with Gasteiger partial charge >= 0.3 is 0 Å². The zero-order valence-electron chi connectivity index (χ0n) is 12.3. The number of rotatable bonds is 4. The van der Waals surface area contributed by atoms with Gasteiger partial charge in [-0.05, 0) is 31.9 Å². The molecule has 1 atom stereocenters. The summed E-state index contributed by atoms with van der Waals surface area (Å²) >= 11 is 0. The first kappa shape index (κ1) is 14.0. The first-order chi connectivity index (χ1) is 9.80. The second kappa shape index (κ2) is 6.20. The summed E-state index contributed by atoms with van der Waals surface area (Å²) in [5.41, 5.74) is 1.24.